The first-order valence-corrected chi connectivity index (χ1v) is 5.83. The van der Waals surface area contributed by atoms with Crippen LogP contribution in [0.2, 0.25) is 0 Å². The number of aliphatic hydroxyl groups excluding tert-OH is 2. The summed E-state index contributed by atoms with van der Waals surface area (Å²) < 4.78 is 6.12. The van der Waals surface area contributed by atoms with Crippen LogP contribution in [0.15, 0.2) is 11.0 Å². The second-order valence-electron chi connectivity index (χ2n) is 4.77. The molecule has 1 aromatic heterocycles. The number of hydrogen-bond donors (Lipinski definition) is 4. The number of aromatic nitrogens is 2. The van der Waals surface area contributed by atoms with Gasteiger partial charge in [0.15, 0.2) is 12.5 Å². The molecule has 5 N–H and O–H groups in total. The number of carbonyl (C=O) groups excluding carboxylic acids is 1. The van der Waals surface area contributed by atoms with E-state index >= 15 is 0 Å². The molecule has 110 valence electrons. The fourth-order valence-corrected chi connectivity index (χ4v) is 2.15. The third kappa shape index (κ3) is 2.10. The van der Waals surface area contributed by atoms with E-state index < -0.39 is 36.3 Å². The molecule has 1 aliphatic rings. The minimum absolute atomic E-state index is 0.0501. The van der Waals surface area contributed by atoms with E-state index in [0.717, 1.165) is 10.8 Å². The summed E-state index contributed by atoms with van der Waals surface area (Å²) in [5.74, 6) is -0.238. The van der Waals surface area contributed by atoms with E-state index in [0.29, 0.717) is 6.29 Å². The van der Waals surface area contributed by atoms with Crippen molar-refractivity contribution in [2.75, 3.05) is 12.3 Å². The molecule has 0 spiro atoms. The quantitative estimate of drug-likeness (QED) is 0.451. The van der Waals surface area contributed by atoms with Crippen LogP contribution >= 0.6 is 0 Å². The van der Waals surface area contributed by atoms with E-state index in [9.17, 15) is 19.8 Å². The molecule has 1 fully saturated rings. The summed E-state index contributed by atoms with van der Waals surface area (Å²) in [6.07, 6.45) is -2.26. The summed E-state index contributed by atoms with van der Waals surface area (Å²) in [7, 11) is 0. The van der Waals surface area contributed by atoms with Gasteiger partial charge in [-0.25, -0.2) is 4.79 Å². The van der Waals surface area contributed by atoms with Crippen LogP contribution < -0.4 is 11.4 Å². The number of nitrogens with zero attached hydrogens (tertiary/aromatic N) is 2. The molecule has 1 aliphatic heterocycles. The Hall–Kier alpha value is -1.81. The number of nitrogens with two attached hydrogens (primary N) is 1. The van der Waals surface area contributed by atoms with Gasteiger partial charge in [0, 0.05) is 6.20 Å². The van der Waals surface area contributed by atoms with Gasteiger partial charge in [-0.05, 0) is 6.92 Å². The summed E-state index contributed by atoms with van der Waals surface area (Å²) in [6, 6.07) is 0. The highest BCUT2D eigenvalue weighted by atomic mass is 16.6. The number of aliphatic hydroxyl groups is 3. The average Bonchev–Trinajstić information content (AvgIpc) is 2.62. The topological polar surface area (TPSA) is 148 Å². The third-order valence-electron chi connectivity index (χ3n) is 3.33. The third-order valence-corrected chi connectivity index (χ3v) is 3.33. The minimum Gasteiger partial charge on any atom is -0.394 e. The lowest BCUT2D eigenvalue weighted by atomic mass is 9.96. The van der Waals surface area contributed by atoms with E-state index in [1.54, 1.807) is 0 Å². The molecule has 0 aromatic carbocycles. The van der Waals surface area contributed by atoms with Gasteiger partial charge in [-0.3, -0.25) is 9.36 Å². The first-order chi connectivity index (χ1) is 9.32. The first kappa shape index (κ1) is 14.6. The van der Waals surface area contributed by atoms with Crippen LogP contribution in [0.3, 0.4) is 0 Å². The smallest absolute Gasteiger partial charge is 0.351 e. The number of anilines is 1. The average molecular weight is 285 g/mol. The van der Waals surface area contributed by atoms with Crippen LogP contribution in [0.1, 0.15) is 23.5 Å². The van der Waals surface area contributed by atoms with Gasteiger partial charge < -0.3 is 25.8 Å². The molecule has 0 unspecified atom stereocenters. The second kappa shape index (κ2) is 4.94. The second-order valence-corrected chi connectivity index (χ2v) is 4.77. The molecule has 0 saturated carbocycles. The predicted molar refractivity (Wildman–Crippen MR) is 65.9 cm³/mol. The Labute approximate surface area is 113 Å². The van der Waals surface area contributed by atoms with E-state index in [1.807, 2.05) is 0 Å². The predicted octanol–water partition coefficient (Wildman–Crippen LogP) is -2.36. The lowest BCUT2D eigenvalue weighted by Crippen LogP contribution is -2.46. The zero-order valence-electron chi connectivity index (χ0n) is 10.6. The van der Waals surface area contributed by atoms with Crippen molar-refractivity contribution >= 4 is 12.1 Å². The van der Waals surface area contributed by atoms with Crippen LogP contribution in [0.5, 0.6) is 0 Å². The molecule has 20 heavy (non-hydrogen) atoms. The molecule has 0 aliphatic carbocycles. The molecule has 9 nitrogen and oxygen atoms in total. The molecular weight excluding hydrogens is 270 g/mol. The summed E-state index contributed by atoms with van der Waals surface area (Å²) in [5.41, 5.74) is 2.67. The molecule has 4 atom stereocenters. The fourth-order valence-electron chi connectivity index (χ4n) is 2.15. The van der Waals surface area contributed by atoms with Crippen LogP contribution in [-0.2, 0) is 4.74 Å². The van der Waals surface area contributed by atoms with Crippen molar-refractivity contribution in [2.45, 2.75) is 31.0 Å². The largest absolute Gasteiger partial charge is 0.394 e. The molecule has 1 saturated heterocycles. The van der Waals surface area contributed by atoms with Gasteiger partial charge in [0.2, 0.25) is 0 Å². The van der Waals surface area contributed by atoms with Crippen molar-refractivity contribution in [1.82, 2.24) is 9.55 Å². The molecule has 0 amide bonds. The van der Waals surface area contributed by atoms with Crippen LogP contribution in [0.25, 0.3) is 0 Å². The molecule has 0 bridgehead atoms. The molecular formula is C11H15N3O6. The van der Waals surface area contributed by atoms with Gasteiger partial charge in [-0.2, -0.15) is 4.98 Å². The van der Waals surface area contributed by atoms with Crippen LogP contribution in [0.4, 0.5) is 5.82 Å². The standard InChI is InChI=1S/C11H15N3O6/c1-11(19)7(17)6(4-16)20-9(11)14-2-5(3-15)8(12)13-10(14)18/h2-3,6-7,9,16-17,19H,4H2,1H3,(H2,12,13,18)/t6-,7-,9-,11-/m1/s1. The zero-order chi connectivity index (χ0) is 15.1. The Morgan fingerprint density at radius 3 is 2.80 bits per heavy atom. The maximum absolute atomic E-state index is 11.8. The van der Waals surface area contributed by atoms with Crippen molar-refractivity contribution in [3.8, 4) is 0 Å². The number of rotatable bonds is 3. The highest BCUT2D eigenvalue weighted by molar-refractivity contribution is 5.80. The first-order valence-electron chi connectivity index (χ1n) is 5.83. The van der Waals surface area contributed by atoms with Gasteiger partial charge >= 0.3 is 5.69 Å². The van der Waals surface area contributed by atoms with Gasteiger partial charge in [0.1, 0.15) is 23.6 Å². The Kier molecular flexibility index (Phi) is 3.61. The van der Waals surface area contributed by atoms with Crippen molar-refractivity contribution < 1.29 is 24.9 Å². The summed E-state index contributed by atoms with van der Waals surface area (Å²) >= 11 is 0. The number of nitrogen functional groups attached to an aromatic ring is 1. The molecule has 2 rings (SSSR count). The molecule has 0 radical (unpaired) electrons. The molecule has 1 aromatic rings. The highest BCUT2D eigenvalue weighted by Crippen LogP contribution is 2.37. The van der Waals surface area contributed by atoms with Crippen LogP contribution in [0, 0.1) is 0 Å². The summed E-state index contributed by atoms with van der Waals surface area (Å²) in [6.45, 7) is 0.715. The lowest BCUT2D eigenvalue weighted by Gasteiger charge is -2.27. The molecule has 2 heterocycles. The van der Waals surface area contributed by atoms with E-state index in [-0.39, 0.29) is 11.4 Å². The Morgan fingerprint density at radius 2 is 2.30 bits per heavy atom. The number of ether oxygens (including phenoxy) is 1. The Balaban J connectivity index is 2.52. The van der Waals surface area contributed by atoms with Crippen molar-refractivity contribution in [2.24, 2.45) is 0 Å². The number of carbonyl (C=O) groups is 1. The SMILES string of the molecule is C[C@@]1(O)[C@H](O)[C@@H](CO)O[C@H]1n1cc(C=O)c(N)nc1=O. The number of aldehydes is 1. The Bertz CT molecular complexity index is 584. The van der Waals surface area contributed by atoms with Crippen molar-refractivity contribution in [3.63, 3.8) is 0 Å². The normalized spacial score (nSPS) is 33.3. The lowest BCUT2D eigenvalue weighted by molar-refractivity contribution is -0.0987. The van der Waals surface area contributed by atoms with Crippen molar-refractivity contribution in [1.29, 1.82) is 0 Å². The van der Waals surface area contributed by atoms with Gasteiger partial charge in [0.05, 0.1) is 12.2 Å². The van der Waals surface area contributed by atoms with Crippen LogP contribution in [-0.4, -0.2) is 55.6 Å². The summed E-state index contributed by atoms with van der Waals surface area (Å²) in [4.78, 5) is 26.1. The Morgan fingerprint density at radius 1 is 1.65 bits per heavy atom. The minimum atomic E-state index is -1.84. The van der Waals surface area contributed by atoms with Crippen molar-refractivity contribution in [3.05, 3.63) is 22.2 Å². The zero-order valence-corrected chi connectivity index (χ0v) is 10.6. The summed E-state index contributed by atoms with van der Waals surface area (Å²) in [5, 5.41) is 29.2. The maximum Gasteiger partial charge on any atom is 0.351 e. The van der Waals surface area contributed by atoms with E-state index in [2.05, 4.69) is 4.98 Å². The molecule has 9 heteroatoms. The fraction of sp³-hybridized carbons (Fsp3) is 0.545. The maximum atomic E-state index is 11.8. The highest BCUT2D eigenvalue weighted by Gasteiger charge is 2.53. The van der Waals surface area contributed by atoms with Gasteiger partial charge in [-0.15, -0.1) is 0 Å². The van der Waals surface area contributed by atoms with E-state index in [4.69, 9.17) is 15.6 Å². The van der Waals surface area contributed by atoms with Gasteiger partial charge in [-0.1, -0.05) is 0 Å². The van der Waals surface area contributed by atoms with E-state index in [1.165, 1.54) is 6.92 Å². The monoisotopic (exact) mass is 285 g/mol. The van der Waals surface area contributed by atoms with Gasteiger partial charge in [0.25, 0.3) is 0 Å². The number of hydrogen-bond acceptors (Lipinski definition) is 8.